The molecule has 34 heavy (non-hydrogen) atoms. The Bertz CT molecular complexity index is 1340. The summed E-state index contributed by atoms with van der Waals surface area (Å²) >= 11 is 14.8. The van der Waals surface area contributed by atoms with Gasteiger partial charge in [0.1, 0.15) is 0 Å². The third kappa shape index (κ3) is 4.92. The van der Waals surface area contributed by atoms with Crippen LogP contribution in [0.5, 0.6) is 0 Å². The standard InChI is InChI=1S/C26H16Br4N2.CH3.Ni/c1-13-9-18(27)25(19(28)10-13)31-23-16-7-3-5-15-6-4-8-17(22(15)16)24(23)32-26-20(29)11-14(2)12-21(26)30;;/h3-12H,1-2H3;1H3;/q;-1;+2. The number of hydrogen-bond donors (Lipinski definition) is 0. The van der Waals surface area contributed by atoms with Crippen LogP contribution in [0.15, 0.2) is 88.5 Å². The van der Waals surface area contributed by atoms with Gasteiger partial charge in [-0.25, -0.2) is 9.98 Å². The number of aryl methyl sites for hydroxylation is 2. The van der Waals surface area contributed by atoms with Crippen LogP contribution in [-0.2, 0) is 16.5 Å². The Morgan fingerprint density at radius 3 is 1.29 bits per heavy atom. The number of hydrogen-bond acceptors (Lipinski definition) is 2. The molecule has 4 aromatic carbocycles. The Kier molecular flexibility index (Phi) is 8.79. The second-order valence-corrected chi connectivity index (χ2v) is 11.2. The van der Waals surface area contributed by atoms with Crippen molar-refractivity contribution in [1.29, 1.82) is 0 Å². The van der Waals surface area contributed by atoms with E-state index in [1.54, 1.807) is 0 Å². The molecule has 0 amide bonds. The van der Waals surface area contributed by atoms with Crippen molar-refractivity contribution >= 4 is 97.3 Å². The van der Waals surface area contributed by atoms with Crippen LogP contribution in [0.1, 0.15) is 22.3 Å². The molecule has 5 rings (SSSR count). The number of benzene rings is 4. The van der Waals surface area contributed by atoms with Crippen molar-refractivity contribution in [2.24, 2.45) is 9.98 Å². The van der Waals surface area contributed by atoms with Gasteiger partial charge in [0, 0.05) is 34.4 Å². The second-order valence-electron chi connectivity index (χ2n) is 7.78. The molecule has 0 atom stereocenters. The molecular weight excluding hydrogens is 731 g/mol. The average molecular weight is 750 g/mol. The van der Waals surface area contributed by atoms with Gasteiger partial charge in [-0.2, -0.15) is 0 Å². The van der Waals surface area contributed by atoms with E-state index in [-0.39, 0.29) is 23.9 Å². The van der Waals surface area contributed by atoms with Crippen molar-refractivity contribution in [1.82, 2.24) is 0 Å². The van der Waals surface area contributed by atoms with Crippen molar-refractivity contribution in [2.45, 2.75) is 13.8 Å². The van der Waals surface area contributed by atoms with E-state index in [9.17, 15) is 0 Å². The fourth-order valence-electron chi connectivity index (χ4n) is 4.04. The summed E-state index contributed by atoms with van der Waals surface area (Å²) in [5.41, 5.74) is 7.93. The zero-order valence-corrected chi connectivity index (χ0v) is 25.8. The predicted octanol–water partition coefficient (Wildman–Crippen LogP) is 10.2. The van der Waals surface area contributed by atoms with E-state index >= 15 is 0 Å². The molecule has 1 aliphatic carbocycles. The molecule has 4 aromatic rings. The molecule has 2 nitrogen and oxygen atoms in total. The second kappa shape index (κ2) is 10.9. The molecule has 1 aliphatic rings. The minimum atomic E-state index is 0. The molecule has 0 spiro atoms. The number of aliphatic imine (C=N–C) groups is 2. The summed E-state index contributed by atoms with van der Waals surface area (Å²) in [5, 5.41) is 2.37. The van der Waals surface area contributed by atoms with E-state index in [1.807, 2.05) is 0 Å². The first kappa shape index (κ1) is 27.5. The van der Waals surface area contributed by atoms with Crippen LogP contribution in [0.4, 0.5) is 11.4 Å². The van der Waals surface area contributed by atoms with Gasteiger partial charge >= 0.3 is 16.5 Å². The Labute approximate surface area is 243 Å². The molecule has 0 N–H and O–H groups in total. The van der Waals surface area contributed by atoms with Gasteiger partial charge < -0.3 is 7.43 Å². The summed E-state index contributed by atoms with van der Waals surface area (Å²) in [4.78, 5) is 10.3. The first-order chi connectivity index (χ1) is 15.3. The molecule has 7 heteroatoms. The number of halogens is 4. The maximum atomic E-state index is 5.15. The Morgan fingerprint density at radius 1 is 0.588 bits per heavy atom. The quantitative estimate of drug-likeness (QED) is 0.144. The zero-order valence-electron chi connectivity index (χ0n) is 18.5. The Hall–Kier alpha value is -1.11. The number of nitrogens with zero attached hydrogens (tertiary/aromatic N) is 2. The third-order valence-electron chi connectivity index (χ3n) is 5.41. The fraction of sp³-hybridized carbons (Fsp3) is 0.0741. The van der Waals surface area contributed by atoms with Gasteiger partial charge in [-0.05, 0) is 118 Å². The zero-order chi connectivity index (χ0) is 22.6. The Morgan fingerprint density at radius 2 is 0.941 bits per heavy atom. The predicted molar refractivity (Wildman–Crippen MR) is 156 cm³/mol. The summed E-state index contributed by atoms with van der Waals surface area (Å²) in [6.45, 7) is 4.13. The first-order valence-electron chi connectivity index (χ1n) is 9.95. The van der Waals surface area contributed by atoms with Crippen LogP contribution in [-0.4, -0.2) is 11.4 Å². The maximum absolute atomic E-state index is 5.15. The summed E-state index contributed by atoms with van der Waals surface area (Å²) in [7, 11) is 0. The van der Waals surface area contributed by atoms with E-state index in [4.69, 9.17) is 9.98 Å². The van der Waals surface area contributed by atoms with E-state index < -0.39 is 0 Å². The minimum absolute atomic E-state index is 0. The molecule has 0 fully saturated rings. The van der Waals surface area contributed by atoms with Gasteiger partial charge in [-0.3, -0.25) is 0 Å². The van der Waals surface area contributed by atoms with Crippen LogP contribution in [0, 0.1) is 21.3 Å². The maximum Gasteiger partial charge on any atom is 2.00 e. The van der Waals surface area contributed by atoms with E-state index in [2.05, 4.69) is 138 Å². The number of rotatable bonds is 2. The smallest absolute Gasteiger partial charge is 0.358 e. The minimum Gasteiger partial charge on any atom is -0.358 e. The van der Waals surface area contributed by atoms with Crippen LogP contribution in [0.3, 0.4) is 0 Å². The summed E-state index contributed by atoms with van der Waals surface area (Å²) in [6.07, 6.45) is 0. The van der Waals surface area contributed by atoms with E-state index in [0.717, 1.165) is 62.9 Å². The first-order valence-corrected chi connectivity index (χ1v) is 13.1. The van der Waals surface area contributed by atoms with Crippen molar-refractivity contribution in [3.63, 3.8) is 0 Å². The van der Waals surface area contributed by atoms with Gasteiger partial charge in [0.15, 0.2) is 0 Å². The summed E-state index contributed by atoms with van der Waals surface area (Å²) in [6, 6.07) is 21.0. The fourth-order valence-corrected chi connectivity index (χ4v) is 7.22. The molecule has 0 saturated heterocycles. The van der Waals surface area contributed by atoms with Crippen molar-refractivity contribution in [3.8, 4) is 0 Å². The van der Waals surface area contributed by atoms with Crippen molar-refractivity contribution < 1.29 is 16.5 Å². The normalized spacial score (nSPS) is 14.4. The van der Waals surface area contributed by atoms with Crippen LogP contribution < -0.4 is 0 Å². The topological polar surface area (TPSA) is 24.7 Å². The van der Waals surface area contributed by atoms with Crippen molar-refractivity contribution in [2.75, 3.05) is 0 Å². The summed E-state index contributed by atoms with van der Waals surface area (Å²) in [5.74, 6) is 0. The van der Waals surface area contributed by atoms with Crippen molar-refractivity contribution in [3.05, 3.63) is 108 Å². The molecule has 0 saturated carbocycles. The van der Waals surface area contributed by atoms with Gasteiger partial charge in [-0.1, -0.05) is 36.4 Å². The molecule has 0 aromatic heterocycles. The Balaban J connectivity index is 0.00000162. The third-order valence-corrected chi connectivity index (χ3v) is 7.83. The molecular formula is C27H19Br4N2Ni+. The summed E-state index contributed by atoms with van der Waals surface area (Å²) < 4.78 is 3.77. The van der Waals surface area contributed by atoms with Gasteiger partial charge in [0.2, 0.25) is 0 Å². The van der Waals surface area contributed by atoms with Gasteiger partial charge in [-0.15, -0.1) is 0 Å². The molecule has 0 radical (unpaired) electrons. The SMILES string of the molecule is Cc1cc(Br)c(N=C2C(=Nc3c(Br)cc(C)cc3Br)c3cccc4cccc2c34)c(Br)c1.[CH3-].[Ni+2]. The largest absolute Gasteiger partial charge is 2.00 e. The van der Waals surface area contributed by atoms with Crippen LogP contribution in [0.25, 0.3) is 10.8 Å². The molecule has 0 heterocycles. The van der Waals surface area contributed by atoms with Gasteiger partial charge in [0.05, 0.1) is 22.8 Å². The molecule has 174 valence electrons. The monoisotopic (exact) mass is 745 g/mol. The molecule has 0 aliphatic heterocycles. The molecule has 0 unspecified atom stereocenters. The molecule has 0 bridgehead atoms. The van der Waals surface area contributed by atoms with E-state index in [0.29, 0.717) is 0 Å². The van der Waals surface area contributed by atoms with Crippen LogP contribution >= 0.6 is 63.7 Å². The van der Waals surface area contributed by atoms with Gasteiger partial charge in [0.25, 0.3) is 0 Å². The van der Waals surface area contributed by atoms with Crippen LogP contribution in [0.2, 0.25) is 0 Å². The average Bonchev–Trinajstić information content (AvgIpc) is 3.02. The van der Waals surface area contributed by atoms with E-state index in [1.165, 1.54) is 10.8 Å².